The molecule has 0 aliphatic heterocycles. The summed E-state index contributed by atoms with van der Waals surface area (Å²) in [5.41, 5.74) is 9.23. The molecule has 9 aromatic carbocycles. The number of hydrogen-bond donors (Lipinski definition) is 0. The van der Waals surface area contributed by atoms with Crippen molar-refractivity contribution in [2.24, 2.45) is 0 Å². The first-order valence-corrected chi connectivity index (χ1v) is 21.6. The van der Waals surface area contributed by atoms with Crippen LogP contribution in [0, 0.1) is 0 Å². The van der Waals surface area contributed by atoms with Crippen LogP contribution in [0.15, 0.2) is 212 Å². The van der Waals surface area contributed by atoms with Crippen LogP contribution in [0.1, 0.15) is 6.85 Å². The van der Waals surface area contributed by atoms with E-state index < -0.39 is 6.04 Å². The minimum atomic E-state index is -0.428. The number of rotatable bonds is 6. The van der Waals surface area contributed by atoms with Gasteiger partial charge >= 0.3 is 0 Å². The Morgan fingerprint density at radius 2 is 0.952 bits per heavy atom. The van der Waals surface area contributed by atoms with Crippen LogP contribution >= 0.6 is 11.3 Å². The monoisotopic (exact) mass is 826 g/mol. The quantitative estimate of drug-likeness (QED) is 0.168. The molecule has 0 bridgehead atoms. The molecule has 0 atom stereocenters. The highest BCUT2D eigenvalue weighted by Gasteiger charge is 2.22. The fraction of sp³-hybridized carbons (Fsp3) is 0. The smallest absolute Gasteiger partial charge is 0.165 e. The molecule has 4 aromatic heterocycles. The minimum Gasteiger partial charge on any atom is -0.309 e. The lowest BCUT2D eigenvalue weighted by Crippen LogP contribution is -2.02. The average molecular weight is 827 g/mol. The van der Waals surface area contributed by atoms with E-state index in [0.29, 0.717) is 23.0 Å². The van der Waals surface area contributed by atoms with E-state index in [2.05, 4.69) is 124 Å². The van der Waals surface area contributed by atoms with E-state index >= 15 is 0 Å². The highest BCUT2D eigenvalue weighted by molar-refractivity contribution is 7.26. The second-order valence-electron chi connectivity index (χ2n) is 15.6. The van der Waals surface area contributed by atoms with E-state index in [1.54, 1.807) is 11.3 Å². The lowest BCUT2D eigenvalue weighted by Gasteiger charge is -2.14. The van der Waals surface area contributed by atoms with Crippen molar-refractivity contribution in [2.75, 3.05) is 0 Å². The summed E-state index contributed by atoms with van der Waals surface area (Å²) >= 11 is 1.57. The van der Waals surface area contributed by atoms with Crippen LogP contribution in [0.5, 0.6) is 0 Å². The molecule has 0 spiro atoms. The number of nitrogens with zero attached hydrogens (tertiary/aromatic N) is 5. The number of aromatic nitrogens is 5. The van der Waals surface area contributed by atoms with Crippen LogP contribution in [-0.2, 0) is 0 Å². The van der Waals surface area contributed by atoms with Gasteiger partial charge in [-0.15, -0.1) is 11.3 Å². The molecule has 5 nitrogen and oxygen atoms in total. The first-order chi connectivity index (χ1) is 33.3. The van der Waals surface area contributed by atoms with Gasteiger partial charge in [0.05, 0.1) is 28.9 Å². The minimum absolute atomic E-state index is 0.155. The SMILES string of the molecule is [2H]c1c([2H])c([2H])c(-c2cccc3sc4c(-c5nc(-c6ccccc6)nc(-c6ccc7c8ccccc8n(-c8ccccc8)c7c6)n5)cc(-n5c6ccccc6c6ccccc65)cc4c23)c([2H])c1[2H]. The topological polar surface area (TPSA) is 48.5 Å². The maximum Gasteiger partial charge on any atom is 0.165 e. The largest absolute Gasteiger partial charge is 0.309 e. The van der Waals surface area contributed by atoms with Gasteiger partial charge in [0.2, 0.25) is 0 Å². The summed E-state index contributed by atoms with van der Waals surface area (Å²) in [6, 6.07) is 60.4. The van der Waals surface area contributed by atoms with Gasteiger partial charge in [0.25, 0.3) is 0 Å². The Morgan fingerprint density at radius 1 is 0.381 bits per heavy atom. The Hall–Kier alpha value is -8.19. The Balaban J connectivity index is 1.13. The van der Waals surface area contributed by atoms with Crippen LogP contribution in [0.2, 0.25) is 0 Å². The van der Waals surface area contributed by atoms with Crippen molar-refractivity contribution in [3.8, 4) is 56.7 Å². The van der Waals surface area contributed by atoms with Crippen LogP contribution in [-0.4, -0.2) is 24.1 Å². The van der Waals surface area contributed by atoms with Crippen molar-refractivity contribution >= 4 is 75.1 Å². The third-order valence-electron chi connectivity index (χ3n) is 12.0. The fourth-order valence-corrected chi connectivity index (χ4v) is 10.5. The molecular weight excluding hydrogens is 787 g/mol. The lowest BCUT2D eigenvalue weighted by molar-refractivity contribution is 1.07. The molecule has 0 unspecified atom stereocenters. The first kappa shape index (κ1) is 30.8. The van der Waals surface area contributed by atoms with E-state index in [0.717, 1.165) is 91.8 Å². The summed E-state index contributed by atoms with van der Waals surface area (Å²) in [6.07, 6.45) is 0. The van der Waals surface area contributed by atoms with Gasteiger partial charge < -0.3 is 9.13 Å². The van der Waals surface area contributed by atoms with Crippen molar-refractivity contribution in [3.05, 3.63) is 212 Å². The third-order valence-corrected chi connectivity index (χ3v) is 13.2. The molecule has 13 aromatic rings. The summed E-state index contributed by atoms with van der Waals surface area (Å²) < 4.78 is 50.1. The van der Waals surface area contributed by atoms with Crippen molar-refractivity contribution < 1.29 is 6.85 Å². The number of para-hydroxylation sites is 4. The van der Waals surface area contributed by atoms with Gasteiger partial charge in [0.15, 0.2) is 17.5 Å². The van der Waals surface area contributed by atoms with Crippen molar-refractivity contribution in [3.63, 3.8) is 0 Å². The molecule has 0 N–H and O–H groups in total. The molecule has 0 radical (unpaired) electrons. The van der Waals surface area contributed by atoms with E-state index in [-0.39, 0.29) is 29.7 Å². The number of fused-ring (bicyclic) bond motifs is 9. The van der Waals surface area contributed by atoms with Crippen molar-refractivity contribution in [1.82, 2.24) is 24.1 Å². The van der Waals surface area contributed by atoms with Crippen molar-refractivity contribution in [2.45, 2.75) is 0 Å². The molecule has 63 heavy (non-hydrogen) atoms. The van der Waals surface area contributed by atoms with Crippen molar-refractivity contribution in [1.29, 1.82) is 0 Å². The number of thiophene rings is 1. The second kappa shape index (κ2) is 14.2. The van der Waals surface area contributed by atoms with E-state index in [1.165, 1.54) is 0 Å². The van der Waals surface area contributed by atoms with Gasteiger partial charge in [-0.05, 0) is 65.7 Å². The maximum absolute atomic E-state index is 9.08. The molecule has 6 heteroatoms. The normalized spacial score (nSPS) is 12.9. The lowest BCUT2D eigenvalue weighted by atomic mass is 9.98. The molecule has 0 fully saturated rings. The molecule has 294 valence electrons. The Labute approximate surface area is 373 Å². The van der Waals surface area contributed by atoms with Gasteiger partial charge in [-0.3, -0.25) is 0 Å². The van der Waals surface area contributed by atoms with Gasteiger partial charge in [-0.1, -0.05) is 158 Å². The Morgan fingerprint density at radius 3 is 1.63 bits per heavy atom. The summed E-state index contributed by atoms with van der Waals surface area (Å²) in [4.78, 5) is 15.9. The van der Waals surface area contributed by atoms with Crippen LogP contribution in [0.4, 0.5) is 0 Å². The third kappa shape index (κ3) is 5.66. The Kier molecular flexibility index (Phi) is 6.94. The van der Waals surface area contributed by atoms with E-state index in [1.807, 2.05) is 66.7 Å². The second-order valence-corrected chi connectivity index (χ2v) is 16.7. The van der Waals surface area contributed by atoms with Gasteiger partial charge in [-0.25, -0.2) is 15.0 Å². The summed E-state index contributed by atoms with van der Waals surface area (Å²) in [7, 11) is 0. The molecule has 0 aliphatic rings. The number of hydrogen-bond acceptors (Lipinski definition) is 4. The molecule has 4 heterocycles. The molecule has 0 saturated carbocycles. The molecular formula is C57H35N5S. The van der Waals surface area contributed by atoms with Gasteiger partial charge in [0.1, 0.15) is 0 Å². The first-order valence-electron chi connectivity index (χ1n) is 23.3. The van der Waals surface area contributed by atoms with E-state index in [4.69, 9.17) is 21.8 Å². The van der Waals surface area contributed by atoms with Crippen LogP contribution in [0.3, 0.4) is 0 Å². The molecule has 13 rings (SSSR count). The predicted molar refractivity (Wildman–Crippen MR) is 263 cm³/mol. The maximum atomic E-state index is 9.08. The summed E-state index contributed by atoms with van der Waals surface area (Å²) in [6.45, 7) is 0. The molecule has 0 amide bonds. The van der Waals surface area contributed by atoms with Gasteiger partial charge in [0, 0.05) is 69.8 Å². The predicted octanol–water partition coefficient (Wildman–Crippen LogP) is 15.1. The zero-order chi connectivity index (χ0) is 45.8. The summed E-state index contributed by atoms with van der Waals surface area (Å²) in [5, 5.41) is 6.11. The molecule has 0 aliphatic carbocycles. The van der Waals surface area contributed by atoms with Crippen LogP contribution < -0.4 is 0 Å². The Bertz CT molecular complexity index is 4140. The van der Waals surface area contributed by atoms with Crippen LogP contribution in [0.25, 0.3) is 120 Å². The fourth-order valence-electron chi connectivity index (χ4n) is 9.31. The average Bonchev–Trinajstić information content (AvgIpc) is 4.05. The summed E-state index contributed by atoms with van der Waals surface area (Å²) in [5.74, 6) is 1.50. The van der Waals surface area contributed by atoms with Gasteiger partial charge in [-0.2, -0.15) is 0 Å². The highest BCUT2D eigenvalue weighted by atomic mass is 32.1. The van der Waals surface area contributed by atoms with E-state index in [9.17, 15) is 0 Å². The number of benzene rings is 9. The standard InChI is InChI=1S/C57H35N5S/c1-4-17-36(18-5-1)41-26-16-30-52-53(41)46-34-40(62-49-28-14-10-23-42(49)43-24-11-15-29-50(43)62)35-47(54(46)63-52)57-59-55(37-19-6-2-7-20-37)58-56(60-57)38-31-32-45-44-25-12-13-27-48(44)61(51(45)33-38)39-21-8-3-9-22-39/h1-35H/i1D,4D,5D,17D,18D. The molecule has 0 saturated heterocycles. The zero-order valence-corrected chi connectivity index (χ0v) is 34.3. The zero-order valence-electron chi connectivity index (χ0n) is 38.5. The highest BCUT2D eigenvalue weighted by Crippen LogP contribution is 2.46.